The van der Waals surface area contributed by atoms with Crippen molar-refractivity contribution in [2.24, 2.45) is 34.5 Å². The van der Waals surface area contributed by atoms with Crippen LogP contribution in [0, 0.1) is 34.5 Å². The van der Waals surface area contributed by atoms with Gasteiger partial charge in [0, 0.05) is 17.4 Å². The normalized spacial score (nSPS) is 40.4. The largest absolute Gasteiger partial charge is 0.349 e. The van der Waals surface area contributed by atoms with Crippen LogP contribution < -0.4 is 5.32 Å². The second-order valence-corrected chi connectivity index (χ2v) is 13.0. The second kappa shape index (κ2) is 7.42. The minimum absolute atomic E-state index is 0.0516. The van der Waals surface area contributed by atoms with E-state index in [0.717, 1.165) is 46.7 Å². The van der Waals surface area contributed by atoms with Crippen LogP contribution in [0.2, 0.25) is 0 Å². The van der Waals surface area contributed by atoms with E-state index < -0.39 is 0 Å². The summed E-state index contributed by atoms with van der Waals surface area (Å²) in [4.78, 5) is 30.1. The molecule has 3 fully saturated rings. The van der Waals surface area contributed by atoms with Crippen molar-refractivity contribution in [1.82, 2.24) is 10.3 Å². The maximum absolute atomic E-state index is 13.5. The molecule has 0 saturated heterocycles. The number of thiazole rings is 1. The van der Waals surface area contributed by atoms with Gasteiger partial charge in [-0.15, -0.1) is 11.3 Å². The molecule has 0 bridgehead atoms. The Morgan fingerprint density at radius 3 is 2.81 bits per heavy atom. The van der Waals surface area contributed by atoms with Gasteiger partial charge in [0.2, 0.25) is 5.91 Å². The Morgan fingerprint density at radius 2 is 1.97 bits per heavy atom. The lowest BCUT2D eigenvalue weighted by molar-refractivity contribution is -0.126. The molecule has 4 nitrogen and oxygen atoms in total. The molecule has 1 aromatic carbocycles. The maximum atomic E-state index is 13.5. The summed E-state index contributed by atoms with van der Waals surface area (Å²) in [6, 6.07) is 8.39. The molecule has 7 atom stereocenters. The number of para-hydroxylation sites is 1. The topological polar surface area (TPSA) is 59.1 Å². The Bertz CT molecular complexity index is 1090. The van der Waals surface area contributed by atoms with Gasteiger partial charge in [0.05, 0.1) is 10.2 Å². The molecule has 2 aromatic rings. The zero-order chi connectivity index (χ0) is 22.1. The number of carbonyl (C=O) groups is 2. The fourth-order valence-electron chi connectivity index (χ4n) is 7.77. The highest BCUT2D eigenvalue weighted by atomic mass is 32.2. The molecule has 1 aliphatic heterocycles. The van der Waals surface area contributed by atoms with Gasteiger partial charge >= 0.3 is 0 Å². The van der Waals surface area contributed by atoms with Crippen molar-refractivity contribution >= 4 is 44.3 Å². The molecule has 1 unspecified atom stereocenters. The summed E-state index contributed by atoms with van der Waals surface area (Å²) in [5, 5.41) is 3.55. The number of fused-ring (bicyclic) bond motifs is 6. The van der Waals surface area contributed by atoms with Crippen LogP contribution in [0.25, 0.3) is 10.2 Å². The van der Waals surface area contributed by atoms with E-state index in [2.05, 4.69) is 31.3 Å². The summed E-state index contributed by atoms with van der Waals surface area (Å²) in [5.74, 6) is 2.04. The van der Waals surface area contributed by atoms with Crippen molar-refractivity contribution in [3.63, 3.8) is 0 Å². The Labute approximate surface area is 197 Å². The number of nitrogens with one attached hydrogen (secondary N) is 1. The van der Waals surface area contributed by atoms with Crippen LogP contribution in [0.3, 0.4) is 0 Å². The molecule has 4 aliphatic rings. The third kappa shape index (κ3) is 3.05. The molecule has 2 heterocycles. The van der Waals surface area contributed by atoms with Crippen molar-refractivity contribution in [3.05, 3.63) is 36.4 Å². The van der Waals surface area contributed by atoms with Crippen LogP contribution in [0.15, 0.2) is 40.8 Å². The summed E-state index contributed by atoms with van der Waals surface area (Å²) < 4.78 is 2.03. The van der Waals surface area contributed by atoms with Crippen LogP contribution in [0.1, 0.15) is 52.4 Å². The summed E-state index contributed by atoms with van der Waals surface area (Å²) in [6.45, 7) is 4.75. The number of rotatable bonds is 2. The molecule has 3 aliphatic carbocycles. The molecule has 1 N–H and O–H groups in total. The Morgan fingerprint density at radius 1 is 1.12 bits per heavy atom. The van der Waals surface area contributed by atoms with Gasteiger partial charge in [0.15, 0.2) is 9.45 Å². The van der Waals surface area contributed by atoms with E-state index in [1.54, 1.807) is 17.4 Å². The number of carbonyl (C=O) groups excluding carboxylic acids is 2. The van der Waals surface area contributed by atoms with Crippen LogP contribution in [0.4, 0.5) is 0 Å². The monoisotopic (exact) mass is 466 g/mol. The lowest BCUT2D eigenvalue weighted by Crippen LogP contribution is -2.59. The lowest BCUT2D eigenvalue weighted by Gasteiger charge is -2.58. The molecule has 0 spiro atoms. The predicted octanol–water partition coefficient (Wildman–Crippen LogP) is 5.83. The van der Waals surface area contributed by atoms with Crippen LogP contribution in [-0.4, -0.2) is 22.0 Å². The Hall–Kier alpha value is -1.66. The third-order valence-electron chi connectivity index (χ3n) is 9.43. The fourth-order valence-corrected chi connectivity index (χ4v) is 10.00. The minimum atomic E-state index is 0.0516. The number of nitrogens with zero attached hydrogens (tertiary/aromatic N) is 1. The highest BCUT2D eigenvalue weighted by Crippen LogP contribution is 2.65. The van der Waals surface area contributed by atoms with E-state index >= 15 is 0 Å². The fraction of sp³-hybridized carbons (Fsp3) is 0.577. The van der Waals surface area contributed by atoms with E-state index in [-0.39, 0.29) is 28.7 Å². The molecule has 1 aromatic heterocycles. The van der Waals surface area contributed by atoms with Crippen molar-refractivity contribution in [3.8, 4) is 0 Å². The van der Waals surface area contributed by atoms with Crippen molar-refractivity contribution < 1.29 is 9.59 Å². The molecule has 6 rings (SSSR count). The minimum Gasteiger partial charge on any atom is -0.349 e. The molecule has 168 valence electrons. The SMILES string of the molecule is C[C@]12CCC3[C@@H](CC[C@H]4NC(=O)C=C[C@]34C)[C@@H]1CC[C@@H]2C(=O)Sc1nc2ccccc2s1. The number of thioether (sulfide) groups is 1. The van der Waals surface area contributed by atoms with E-state index in [9.17, 15) is 9.59 Å². The summed E-state index contributed by atoms with van der Waals surface area (Å²) in [5.41, 5.74) is 1.13. The standard InChI is InChI=1S/C26H30N2O2S2/c1-25-13-11-17-15(7-10-21-26(17,2)14-12-22(29)28-21)16(25)8-9-18(25)23(30)32-24-27-19-5-3-4-6-20(19)31-24/h3-6,12,14-18,21H,7-11,13H2,1-2H3,(H,28,29)/t15-,16-,17?,18+,21+,25-,26+/m0/s1. The first-order chi connectivity index (χ1) is 15.4. The molecule has 1 amide bonds. The highest BCUT2D eigenvalue weighted by Gasteiger charge is 2.60. The van der Waals surface area contributed by atoms with Gasteiger partial charge in [-0.05, 0) is 91.7 Å². The second-order valence-electron chi connectivity index (χ2n) is 10.8. The first-order valence-electron chi connectivity index (χ1n) is 12.0. The maximum Gasteiger partial charge on any atom is 0.243 e. The van der Waals surface area contributed by atoms with E-state index in [1.165, 1.54) is 18.2 Å². The van der Waals surface area contributed by atoms with Gasteiger partial charge in [-0.3, -0.25) is 9.59 Å². The van der Waals surface area contributed by atoms with Crippen molar-refractivity contribution in [2.75, 3.05) is 0 Å². The first-order valence-corrected chi connectivity index (χ1v) is 13.6. The van der Waals surface area contributed by atoms with Gasteiger partial charge in [-0.25, -0.2) is 4.98 Å². The quantitative estimate of drug-likeness (QED) is 0.566. The third-order valence-corrected chi connectivity index (χ3v) is 11.5. The predicted molar refractivity (Wildman–Crippen MR) is 129 cm³/mol. The lowest BCUT2D eigenvalue weighted by atomic mass is 9.48. The molecule has 3 saturated carbocycles. The van der Waals surface area contributed by atoms with Crippen LogP contribution in [-0.2, 0) is 9.59 Å². The summed E-state index contributed by atoms with van der Waals surface area (Å²) in [6.07, 6.45) is 10.6. The van der Waals surface area contributed by atoms with Gasteiger partial charge in [-0.1, -0.05) is 32.1 Å². The van der Waals surface area contributed by atoms with E-state index in [0.29, 0.717) is 22.9 Å². The summed E-state index contributed by atoms with van der Waals surface area (Å²) >= 11 is 3.01. The van der Waals surface area contributed by atoms with Crippen LogP contribution >= 0.6 is 23.1 Å². The number of amides is 1. The highest BCUT2D eigenvalue weighted by molar-refractivity contribution is 8.15. The average molecular weight is 467 g/mol. The first kappa shape index (κ1) is 20.9. The zero-order valence-corrected chi connectivity index (χ0v) is 20.3. The van der Waals surface area contributed by atoms with Crippen molar-refractivity contribution in [1.29, 1.82) is 0 Å². The Kier molecular flexibility index (Phi) is 4.85. The van der Waals surface area contributed by atoms with E-state index in [4.69, 9.17) is 4.98 Å². The van der Waals surface area contributed by atoms with Gasteiger partial charge in [0.1, 0.15) is 0 Å². The zero-order valence-electron chi connectivity index (χ0n) is 18.7. The Balaban J connectivity index is 1.23. The van der Waals surface area contributed by atoms with Crippen LogP contribution in [0.5, 0.6) is 0 Å². The number of hydrogen-bond donors (Lipinski definition) is 1. The number of aromatic nitrogens is 1. The molecule has 6 heteroatoms. The smallest absolute Gasteiger partial charge is 0.243 e. The summed E-state index contributed by atoms with van der Waals surface area (Å²) in [7, 11) is 0. The van der Waals surface area contributed by atoms with Gasteiger partial charge < -0.3 is 5.32 Å². The molecule has 0 radical (unpaired) electrons. The molecular formula is C26H30N2O2S2. The van der Waals surface area contributed by atoms with Gasteiger partial charge in [-0.2, -0.15) is 0 Å². The van der Waals surface area contributed by atoms with E-state index in [1.807, 2.05) is 18.2 Å². The molecule has 32 heavy (non-hydrogen) atoms. The number of benzene rings is 1. The van der Waals surface area contributed by atoms with Crippen molar-refractivity contribution in [2.45, 2.75) is 62.8 Å². The molecular weight excluding hydrogens is 436 g/mol. The average Bonchev–Trinajstić information content (AvgIpc) is 3.34. The number of hydrogen-bond acceptors (Lipinski definition) is 5. The van der Waals surface area contributed by atoms with Gasteiger partial charge in [0.25, 0.3) is 0 Å².